The highest BCUT2D eigenvalue weighted by molar-refractivity contribution is 7.89. The third-order valence-electron chi connectivity index (χ3n) is 3.73. The highest BCUT2D eigenvalue weighted by Gasteiger charge is 2.19. The van der Waals surface area contributed by atoms with Crippen LogP contribution >= 0.6 is 11.3 Å². The molecule has 0 aliphatic carbocycles. The molecule has 0 radical (unpaired) electrons. The molecule has 0 aliphatic rings. The molecule has 0 aliphatic heterocycles. The minimum atomic E-state index is -3.67. The van der Waals surface area contributed by atoms with Crippen molar-refractivity contribution in [2.45, 2.75) is 6.54 Å². The molecular weight excluding hydrogens is 396 g/mol. The van der Waals surface area contributed by atoms with Gasteiger partial charge in [-0.25, -0.2) is 18.1 Å². The Morgan fingerprint density at radius 2 is 1.86 bits per heavy atom. The number of anilines is 2. The van der Waals surface area contributed by atoms with E-state index in [4.69, 9.17) is 5.26 Å². The molecule has 28 heavy (non-hydrogen) atoms. The second-order valence-electron chi connectivity index (χ2n) is 5.95. The summed E-state index contributed by atoms with van der Waals surface area (Å²) in [5, 5.41) is 11.1. The van der Waals surface area contributed by atoms with Crippen LogP contribution in [0.1, 0.15) is 21.6 Å². The number of hydrogen-bond acceptors (Lipinski definition) is 7. The van der Waals surface area contributed by atoms with Gasteiger partial charge in [0.05, 0.1) is 24.4 Å². The summed E-state index contributed by atoms with van der Waals surface area (Å²) in [4.78, 5) is 18.3. The minimum Gasteiger partial charge on any atom is -0.313 e. The maximum Gasteiger partial charge on any atom is 0.284 e. The van der Waals surface area contributed by atoms with E-state index in [0.29, 0.717) is 17.2 Å². The van der Waals surface area contributed by atoms with Crippen LogP contribution in [0.2, 0.25) is 0 Å². The Labute approximate surface area is 166 Å². The molecule has 0 bridgehead atoms. The van der Waals surface area contributed by atoms with E-state index in [-0.39, 0.29) is 5.69 Å². The van der Waals surface area contributed by atoms with Gasteiger partial charge in [0, 0.05) is 11.1 Å². The van der Waals surface area contributed by atoms with Crippen molar-refractivity contribution in [3.63, 3.8) is 0 Å². The fourth-order valence-corrected chi connectivity index (χ4v) is 3.73. The molecule has 0 saturated heterocycles. The number of nitrogens with zero attached hydrogens (tertiary/aromatic N) is 3. The SMILES string of the molecule is CS(=O)(=O)NC(=O)c1csc(N(Cc2ccccc2)c2ccc(C#N)cc2)n1. The number of thiazole rings is 1. The van der Waals surface area contributed by atoms with Gasteiger partial charge in [-0.15, -0.1) is 11.3 Å². The van der Waals surface area contributed by atoms with Crippen molar-refractivity contribution in [1.82, 2.24) is 9.71 Å². The van der Waals surface area contributed by atoms with E-state index >= 15 is 0 Å². The molecule has 142 valence electrons. The Hall–Kier alpha value is -3.22. The van der Waals surface area contributed by atoms with Crippen molar-refractivity contribution >= 4 is 38.1 Å². The normalized spacial score (nSPS) is 10.9. The summed E-state index contributed by atoms with van der Waals surface area (Å²) >= 11 is 1.23. The smallest absolute Gasteiger partial charge is 0.284 e. The third-order valence-corrected chi connectivity index (χ3v) is 5.15. The number of rotatable bonds is 6. The number of nitriles is 1. The number of benzene rings is 2. The summed E-state index contributed by atoms with van der Waals surface area (Å²) < 4.78 is 24.5. The molecule has 0 saturated carbocycles. The Balaban J connectivity index is 1.94. The number of aromatic nitrogens is 1. The molecule has 1 N–H and O–H groups in total. The van der Waals surface area contributed by atoms with E-state index < -0.39 is 15.9 Å². The molecule has 7 nitrogen and oxygen atoms in total. The van der Waals surface area contributed by atoms with E-state index in [1.807, 2.05) is 40.0 Å². The van der Waals surface area contributed by atoms with Crippen LogP contribution in [0.5, 0.6) is 0 Å². The van der Waals surface area contributed by atoms with Gasteiger partial charge in [-0.05, 0) is 29.8 Å². The second kappa shape index (κ2) is 8.21. The average molecular weight is 412 g/mol. The van der Waals surface area contributed by atoms with Gasteiger partial charge in [-0.1, -0.05) is 30.3 Å². The van der Waals surface area contributed by atoms with Crippen molar-refractivity contribution in [1.29, 1.82) is 5.26 Å². The monoisotopic (exact) mass is 412 g/mol. The molecule has 9 heteroatoms. The molecule has 0 spiro atoms. The van der Waals surface area contributed by atoms with Gasteiger partial charge in [0.15, 0.2) is 5.13 Å². The van der Waals surface area contributed by atoms with E-state index in [1.165, 1.54) is 16.7 Å². The summed E-state index contributed by atoms with van der Waals surface area (Å²) in [6.07, 6.45) is 0.913. The van der Waals surface area contributed by atoms with E-state index in [9.17, 15) is 13.2 Å². The van der Waals surface area contributed by atoms with E-state index in [2.05, 4.69) is 11.1 Å². The molecule has 1 amide bonds. The molecule has 0 unspecified atom stereocenters. The maximum absolute atomic E-state index is 12.1. The number of carbonyl (C=O) groups excluding carboxylic acids is 1. The lowest BCUT2D eigenvalue weighted by atomic mass is 10.2. The standard InChI is InChI=1S/C19H16N4O3S2/c1-28(25,26)22-18(24)17-13-27-19(21-17)23(12-15-5-3-2-4-6-15)16-9-7-14(11-20)8-10-16/h2-10,13H,12H2,1H3,(H,22,24). The van der Waals surface area contributed by atoms with Crippen LogP contribution in [0, 0.1) is 11.3 Å². The lowest BCUT2D eigenvalue weighted by Crippen LogP contribution is -2.29. The first-order valence-corrected chi connectivity index (χ1v) is 10.9. The first-order valence-electron chi connectivity index (χ1n) is 8.15. The molecule has 0 atom stereocenters. The summed E-state index contributed by atoms with van der Waals surface area (Å²) in [6.45, 7) is 0.493. The zero-order valence-corrected chi connectivity index (χ0v) is 16.5. The Morgan fingerprint density at radius 1 is 1.18 bits per heavy atom. The van der Waals surface area contributed by atoms with Crippen LogP contribution in [0.4, 0.5) is 10.8 Å². The zero-order chi connectivity index (χ0) is 20.1. The average Bonchev–Trinajstić information content (AvgIpc) is 3.16. The van der Waals surface area contributed by atoms with Gasteiger partial charge in [0.25, 0.3) is 5.91 Å². The van der Waals surface area contributed by atoms with Crippen LogP contribution in [0.3, 0.4) is 0 Å². The van der Waals surface area contributed by atoms with Crippen molar-refractivity contribution in [2.24, 2.45) is 0 Å². The van der Waals surface area contributed by atoms with E-state index in [0.717, 1.165) is 17.5 Å². The summed E-state index contributed by atoms with van der Waals surface area (Å²) in [5.41, 5.74) is 2.39. The van der Waals surface area contributed by atoms with Crippen molar-refractivity contribution in [2.75, 3.05) is 11.2 Å². The first-order chi connectivity index (χ1) is 13.4. The predicted octanol–water partition coefficient (Wildman–Crippen LogP) is 3.04. The van der Waals surface area contributed by atoms with Gasteiger partial charge < -0.3 is 4.90 Å². The van der Waals surface area contributed by atoms with Crippen molar-refractivity contribution in [3.8, 4) is 6.07 Å². The Bertz CT molecular complexity index is 1120. The summed E-state index contributed by atoms with van der Waals surface area (Å²) in [5.74, 6) is -0.774. The van der Waals surface area contributed by atoms with Crippen LogP contribution < -0.4 is 9.62 Å². The van der Waals surface area contributed by atoms with Gasteiger partial charge in [-0.2, -0.15) is 5.26 Å². The lowest BCUT2D eigenvalue weighted by Gasteiger charge is -2.22. The highest BCUT2D eigenvalue weighted by Crippen LogP contribution is 2.30. The quantitative estimate of drug-likeness (QED) is 0.667. The number of sulfonamides is 1. The van der Waals surface area contributed by atoms with Gasteiger partial charge >= 0.3 is 0 Å². The molecule has 3 aromatic rings. The fourth-order valence-electron chi connectivity index (χ4n) is 2.46. The van der Waals surface area contributed by atoms with Crippen molar-refractivity contribution in [3.05, 3.63) is 76.8 Å². The Kier molecular flexibility index (Phi) is 5.73. The molecule has 0 fully saturated rings. The summed E-state index contributed by atoms with van der Waals surface area (Å²) in [7, 11) is -3.67. The van der Waals surface area contributed by atoms with Crippen LogP contribution in [0.25, 0.3) is 0 Å². The lowest BCUT2D eigenvalue weighted by molar-refractivity contribution is 0.0977. The van der Waals surface area contributed by atoms with Gasteiger partial charge in [0.1, 0.15) is 5.69 Å². The highest BCUT2D eigenvalue weighted by atomic mass is 32.2. The molecule has 3 rings (SSSR count). The van der Waals surface area contributed by atoms with Gasteiger partial charge in [0.2, 0.25) is 10.0 Å². The zero-order valence-electron chi connectivity index (χ0n) is 14.9. The van der Waals surface area contributed by atoms with Crippen molar-refractivity contribution < 1.29 is 13.2 Å². The fraction of sp³-hybridized carbons (Fsp3) is 0.105. The summed E-state index contributed by atoms with van der Waals surface area (Å²) in [6, 6.07) is 18.8. The van der Waals surface area contributed by atoms with Crippen LogP contribution in [0.15, 0.2) is 60.0 Å². The molecule has 1 aromatic heterocycles. The first kappa shape index (κ1) is 19.5. The number of carbonyl (C=O) groups is 1. The van der Waals surface area contributed by atoms with E-state index in [1.54, 1.807) is 24.3 Å². The topological polar surface area (TPSA) is 103 Å². The van der Waals surface area contributed by atoms with Crippen LogP contribution in [-0.2, 0) is 16.6 Å². The minimum absolute atomic E-state index is 0.0251. The molecule has 1 heterocycles. The predicted molar refractivity (Wildman–Crippen MR) is 108 cm³/mol. The van der Waals surface area contributed by atoms with Gasteiger partial charge in [-0.3, -0.25) is 4.79 Å². The molecule has 2 aromatic carbocycles. The maximum atomic E-state index is 12.1. The largest absolute Gasteiger partial charge is 0.313 e. The number of hydrogen-bond donors (Lipinski definition) is 1. The third kappa shape index (κ3) is 4.94. The number of nitrogens with one attached hydrogen (secondary N) is 1. The van der Waals surface area contributed by atoms with Crippen LogP contribution in [-0.4, -0.2) is 25.6 Å². The number of amides is 1. The second-order valence-corrected chi connectivity index (χ2v) is 8.53. The molecular formula is C19H16N4O3S2. The Morgan fingerprint density at radius 3 is 2.46 bits per heavy atom.